The van der Waals surface area contributed by atoms with Crippen LogP contribution in [0.25, 0.3) is 6.08 Å². The Bertz CT molecular complexity index is 510. The van der Waals surface area contributed by atoms with Gasteiger partial charge in [0, 0.05) is 0 Å². The Balaban J connectivity index is 0.00000137. The molecule has 0 spiro atoms. The van der Waals surface area contributed by atoms with Crippen LogP contribution in [0, 0.1) is 0 Å². The molecule has 0 fully saturated rings. The Morgan fingerprint density at radius 1 is 1.28 bits per heavy atom. The van der Waals surface area contributed by atoms with Crippen molar-refractivity contribution >= 4 is 16.2 Å². The third-order valence-electron chi connectivity index (χ3n) is 2.24. The van der Waals surface area contributed by atoms with E-state index in [-0.39, 0.29) is 4.90 Å². The van der Waals surface area contributed by atoms with Crippen molar-refractivity contribution in [2.75, 3.05) is 0 Å². The van der Waals surface area contributed by atoms with Crippen LogP contribution in [0.5, 0.6) is 0 Å². The molecule has 0 heterocycles. The molecule has 3 nitrogen and oxygen atoms in total. The van der Waals surface area contributed by atoms with Crippen LogP contribution in [0.1, 0.15) is 45.7 Å². The maximum Gasteiger partial charge on any atom is 0.294 e. The lowest BCUT2D eigenvalue weighted by molar-refractivity contribution is 0.483. The summed E-state index contributed by atoms with van der Waals surface area (Å²) in [6.45, 7) is 9.89. The summed E-state index contributed by atoms with van der Waals surface area (Å²) in [6.07, 6.45) is 2.73. The first kappa shape index (κ1) is 16.9. The van der Waals surface area contributed by atoms with Crippen LogP contribution in [-0.2, 0) is 16.5 Å². The van der Waals surface area contributed by atoms with E-state index in [1.807, 2.05) is 40.7 Å². The fourth-order valence-electron chi connectivity index (χ4n) is 1.50. The zero-order chi connectivity index (χ0) is 14.3. The molecule has 1 rings (SSSR count). The van der Waals surface area contributed by atoms with Crippen molar-refractivity contribution in [3.63, 3.8) is 0 Å². The van der Waals surface area contributed by atoms with Gasteiger partial charge in [-0.15, -0.1) is 0 Å². The molecule has 0 aliphatic carbocycles. The minimum atomic E-state index is -4.12. The summed E-state index contributed by atoms with van der Waals surface area (Å²) in [4.78, 5) is -0.0581. The van der Waals surface area contributed by atoms with E-state index in [2.05, 4.69) is 0 Å². The van der Waals surface area contributed by atoms with E-state index in [0.717, 1.165) is 23.1 Å². The van der Waals surface area contributed by atoms with Gasteiger partial charge in [0.05, 0.1) is 4.90 Å². The highest BCUT2D eigenvalue weighted by Gasteiger charge is 2.11. The first-order chi connectivity index (χ1) is 8.34. The van der Waals surface area contributed by atoms with Crippen LogP contribution in [0.3, 0.4) is 0 Å². The summed E-state index contributed by atoms with van der Waals surface area (Å²) in [7, 11) is -4.12. The van der Waals surface area contributed by atoms with Gasteiger partial charge in [-0.25, -0.2) is 0 Å². The Labute approximate surface area is 110 Å². The van der Waals surface area contributed by atoms with E-state index < -0.39 is 10.1 Å². The van der Waals surface area contributed by atoms with Gasteiger partial charge in [-0.05, 0) is 43.5 Å². The summed E-state index contributed by atoms with van der Waals surface area (Å²) in [5.41, 5.74) is 2.99. The summed E-state index contributed by atoms with van der Waals surface area (Å²) < 4.78 is 31.0. The molecule has 1 aromatic carbocycles. The number of hydrogen-bond donors (Lipinski definition) is 1. The number of rotatable bonds is 3. The lowest BCUT2D eigenvalue weighted by atomic mass is 10.0. The van der Waals surface area contributed by atoms with Gasteiger partial charge in [-0.1, -0.05) is 38.5 Å². The number of allylic oxidation sites excluding steroid dienone is 1. The summed E-state index contributed by atoms with van der Waals surface area (Å²) >= 11 is 0. The SMILES string of the molecule is CC.CCc1ccc(S(=O)(=O)O)cc1C=C(C)C. The minimum Gasteiger partial charge on any atom is -0.282 e. The standard InChI is InChI=1S/C12H16O3S.C2H6/c1-4-10-5-6-12(16(13,14)15)8-11(10)7-9(2)3;1-2/h5-8H,4H2,1-3H3,(H,13,14,15);1-2H3. The maximum atomic E-state index is 11.0. The average Bonchev–Trinajstić information content (AvgIpc) is 2.29. The Kier molecular flexibility index (Phi) is 6.88. The van der Waals surface area contributed by atoms with Crippen molar-refractivity contribution in [2.45, 2.75) is 45.9 Å². The smallest absolute Gasteiger partial charge is 0.282 e. The summed E-state index contributed by atoms with van der Waals surface area (Å²) in [5, 5.41) is 0. The van der Waals surface area contributed by atoms with E-state index in [9.17, 15) is 8.42 Å². The van der Waals surface area contributed by atoms with Crippen molar-refractivity contribution < 1.29 is 13.0 Å². The van der Waals surface area contributed by atoms with E-state index >= 15 is 0 Å². The third kappa shape index (κ3) is 5.02. The van der Waals surface area contributed by atoms with Crippen LogP contribution in [-0.4, -0.2) is 13.0 Å². The first-order valence-electron chi connectivity index (χ1n) is 6.10. The zero-order valence-corrected chi connectivity index (χ0v) is 12.5. The predicted molar refractivity (Wildman–Crippen MR) is 76.3 cm³/mol. The monoisotopic (exact) mass is 270 g/mol. The highest BCUT2D eigenvalue weighted by atomic mass is 32.2. The normalized spacial score (nSPS) is 10.3. The molecule has 0 aliphatic rings. The van der Waals surface area contributed by atoms with Gasteiger partial charge in [0.2, 0.25) is 0 Å². The number of aryl methyl sites for hydroxylation is 1. The molecule has 0 aromatic heterocycles. The van der Waals surface area contributed by atoms with Gasteiger partial charge in [-0.3, -0.25) is 4.55 Å². The lowest BCUT2D eigenvalue weighted by Crippen LogP contribution is -1.99. The van der Waals surface area contributed by atoms with Crippen LogP contribution < -0.4 is 0 Å². The molecule has 4 heteroatoms. The number of benzene rings is 1. The summed E-state index contributed by atoms with van der Waals surface area (Å²) in [5.74, 6) is 0. The van der Waals surface area contributed by atoms with E-state index in [4.69, 9.17) is 4.55 Å². The molecular weight excluding hydrogens is 248 g/mol. The van der Waals surface area contributed by atoms with Crippen LogP contribution in [0.2, 0.25) is 0 Å². The molecular formula is C14H22O3S. The molecule has 102 valence electrons. The van der Waals surface area contributed by atoms with E-state index in [1.54, 1.807) is 6.07 Å². The van der Waals surface area contributed by atoms with Gasteiger partial charge in [0.25, 0.3) is 10.1 Å². The molecule has 0 radical (unpaired) electrons. The van der Waals surface area contributed by atoms with Crippen LogP contribution in [0.15, 0.2) is 28.7 Å². The fraction of sp³-hybridized carbons (Fsp3) is 0.429. The van der Waals surface area contributed by atoms with E-state index in [0.29, 0.717) is 0 Å². The van der Waals surface area contributed by atoms with Crippen LogP contribution in [0.4, 0.5) is 0 Å². The summed E-state index contributed by atoms with van der Waals surface area (Å²) in [6, 6.07) is 4.66. The Morgan fingerprint density at radius 2 is 1.83 bits per heavy atom. The molecule has 0 saturated carbocycles. The molecule has 1 N–H and O–H groups in total. The highest BCUT2D eigenvalue weighted by molar-refractivity contribution is 7.85. The molecule has 1 aromatic rings. The second-order valence-corrected chi connectivity index (χ2v) is 5.33. The van der Waals surface area contributed by atoms with Gasteiger partial charge in [0.1, 0.15) is 0 Å². The zero-order valence-electron chi connectivity index (χ0n) is 11.7. The Morgan fingerprint density at radius 3 is 2.22 bits per heavy atom. The van der Waals surface area contributed by atoms with Gasteiger partial charge >= 0.3 is 0 Å². The topological polar surface area (TPSA) is 54.4 Å². The van der Waals surface area contributed by atoms with E-state index in [1.165, 1.54) is 12.1 Å². The van der Waals surface area contributed by atoms with Crippen molar-refractivity contribution in [3.8, 4) is 0 Å². The van der Waals surface area contributed by atoms with Crippen molar-refractivity contribution in [1.82, 2.24) is 0 Å². The largest absolute Gasteiger partial charge is 0.294 e. The van der Waals surface area contributed by atoms with Crippen molar-refractivity contribution in [1.29, 1.82) is 0 Å². The Hall–Kier alpha value is -1.13. The molecule has 0 unspecified atom stereocenters. The van der Waals surface area contributed by atoms with Gasteiger partial charge < -0.3 is 0 Å². The maximum absolute atomic E-state index is 11.0. The molecule has 0 atom stereocenters. The van der Waals surface area contributed by atoms with Crippen LogP contribution >= 0.6 is 0 Å². The predicted octanol–water partition coefficient (Wildman–Crippen LogP) is 3.95. The molecule has 0 saturated heterocycles. The molecule has 18 heavy (non-hydrogen) atoms. The third-order valence-corrected chi connectivity index (χ3v) is 3.09. The van der Waals surface area contributed by atoms with Crippen molar-refractivity contribution in [3.05, 3.63) is 34.9 Å². The number of hydrogen-bond acceptors (Lipinski definition) is 2. The molecule has 0 bridgehead atoms. The second-order valence-electron chi connectivity index (χ2n) is 3.91. The highest BCUT2D eigenvalue weighted by Crippen LogP contribution is 2.19. The molecule has 0 amide bonds. The van der Waals surface area contributed by atoms with Gasteiger partial charge in [-0.2, -0.15) is 8.42 Å². The molecule has 0 aliphatic heterocycles. The average molecular weight is 270 g/mol. The first-order valence-corrected chi connectivity index (χ1v) is 7.54. The van der Waals surface area contributed by atoms with Gasteiger partial charge in [0.15, 0.2) is 0 Å². The van der Waals surface area contributed by atoms with Crippen molar-refractivity contribution in [2.24, 2.45) is 0 Å². The minimum absolute atomic E-state index is 0.0581. The lowest BCUT2D eigenvalue weighted by Gasteiger charge is -2.06. The second kappa shape index (κ2) is 7.34. The quantitative estimate of drug-likeness (QED) is 0.846. The fourth-order valence-corrected chi connectivity index (χ4v) is 2.02.